The molecule has 0 aliphatic carbocycles. The first-order valence-electron chi connectivity index (χ1n) is 4.72. The number of halogens is 3. The summed E-state index contributed by atoms with van der Waals surface area (Å²) >= 11 is 15.2. The second-order valence-electron chi connectivity index (χ2n) is 3.14. The summed E-state index contributed by atoms with van der Waals surface area (Å²) in [6.07, 6.45) is 1.31. The molecule has 1 heterocycles. The molecule has 3 N–H and O–H groups in total. The van der Waals surface area contributed by atoms with Gasteiger partial charge in [0.1, 0.15) is 21.6 Å². The smallest absolute Gasteiger partial charge is 0.239 e. The van der Waals surface area contributed by atoms with E-state index in [4.69, 9.17) is 33.8 Å². The van der Waals surface area contributed by atoms with Gasteiger partial charge in [0.15, 0.2) is 5.82 Å². The Morgan fingerprint density at radius 1 is 1.28 bits per heavy atom. The Morgan fingerprint density at radius 2 is 2.06 bits per heavy atom. The van der Waals surface area contributed by atoms with Crippen LogP contribution in [0.3, 0.4) is 0 Å². The standard InChI is InChI=1S/C10H7BrCl2N4O/c11-7-9(17-14)15-4-16-10(7)18-6-3-1-2-5(12)8(6)13/h1-4H,14H2,(H,15,16,17). The lowest BCUT2D eigenvalue weighted by Crippen LogP contribution is -2.09. The fourth-order valence-electron chi connectivity index (χ4n) is 1.19. The predicted octanol–water partition coefficient (Wildman–Crippen LogP) is 3.62. The molecule has 18 heavy (non-hydrogen) atoms. The van der Waals surface area contributed by atoms with Crippen LogP contribution < -0.4 is 16.0 Å². The summed E-state index contributed by atoms with van der Waals surface area (Å²) in [7, 11) is 0. The van der Waals surface area contributed by atoms with Gasteiger partial charge < -0.3 is 10.2 Å². The van der Waals surface area contributed by atoms with Crippen molar-refractivity contribution in [2.24, 2.45) is 5.84 Å². The molecule has 5 nitrogen and oxygen atoms in total. The molecule has 0 aliphatic rings. The van der Waals surface area contributed by atoms with E-state index in [2.05, 4.69) is 31.3 Å². The second kappa shape index (κ2) is 5.71. The molecule has 0 saturated heterocycles. The third kappa shape index (κ3) is 2.67. The van der Waals surface area contributed by atoms with Crippen LogP contribution >= 0.6 is 39.1 Å². The van der Waals surface area contributed by atoms with E-state index in [0.29, 0.717) is 26.1 Å². The van der Waals surface area contributed by atoms with Crippen LogP contribution in [0.25, 0.3) is 0 Å². The summed E-state index contributed by atoms with van der Waals surface area (Å²) in [6, 6.07) is 5.07. The number of hydrogen-bond acceptors (Lipinski definition) is 5. The highest BCUT2D eigenvalue weighted by atomic mass is 79.9. The van der Waals surface area contributed by atoms with Crippen molar-refractivity contribution in [3.05, 3.63) is 39.0 Å². The molecular formula is C10H7BrCl2N4O. The number of ether oxygens (including phenoxy) is 1. The van der Waals surface area contributed by atoms with Gasteiger partial charge in [0, 0.05) is 0 Å². The Kier molecular flexibility index (Phi) is 4.23. The molecule has 0 unspecified atom stereocenters. The maximum Gasteiger partial charge on any atom is 0.239 e. The van der Waals surface area contributed by atoms with E-state index >= 15 is 0 Å². The van der Waals surface area contributed by atoms with Gasteiger partial charge in [-0.3, -0.25) is 0 Å². The van der Waals surface area contributed by atoms with Gasteiger partial charge in [-0.2, -0.15) is 0 Å². The van der Waals surface area contributed by atoms with Gasteiger partial charge in [-0.25, -0.2) is 15.8 Å². The molecule has 0 spiro atoms. The largest absolute Gasteiger partial charge is 0.436 e. The highest BCUT2D eigenvalue weighted by Crippen LogP contribution is 2.37. The molecule has 8 heteroatoms. The van der Waals surface area contributed by atoms with Crippen LogP contribution in [-0.2, 0) is 0 Å². The number of benzene rings is 1. The maximum absolute atomic E-state index is 6.01. The van der Waals surface area contributed by atoms with E-state index in [0.717, 1.165) is 0 Å². The Bertz CT molecular complexity index is 582. The molecule has 0 bridgehead atoms. The Hall–Kier alpha value is -1.08. The molecule has 0 aliphatic heterocycles. The van der Waals surface area contributed by atoms with Gasteiger partial charge in [-0.05, 0) is 28.1 Å². The van der Waals surface area contributed by atoms with Crippen LogP contribution in [0.5, 0.6) is 11.6 Å². The molecule has 2 aromatic rings. The fourth-order valence-corrected chi connectivity index (χ4v) is 1.92. The minimum absolute atomic E-state index is 0.280. The van der Waals surface area contributed by atoms with E-state index in [1.807, 2.05) is 0 Å². The lowest BCUT2D eigenvalue weighted by molar-refractivity contribution is 0.459. The predicted molar refractivity (Wildman–Crippen MR) is 74.1 cm³/mol. The van der Waals surface area contributed by atoms with Crippen LogP contribution in [0.15, 0.2) is 29.0 Å². The quantitative estimate of drug-likeness (QED) is 0.654. The topological polar surface area (TPSA) is 73.1 Å². The number of rotatable bonds is 3. The van der Waals surface area contributed by atoms with Crippen molar-refractivity contribution >= 4 is 44.9 Å². The van der Waals surface area contributed by atoms with Gasteiger partial charge in [0.25, 0.3) is 0 Å². The molecule has 1 aromatic carbocycles. The summed E-state index contributed by atoms with van der Waals surface area (Å²) in [4.78, 5) is 7.88. The highest BCUT2D eigenvalue weighted by molar-refractivity contribution is 9.10. The number of nitrogens with two attached hydrogens (primary N) is 1. The first-order chi connectivity index (χ1) is 8.63. The summed E-state index contributed by atoms with van der Waals surface area (Å²) in [5.74, 6) is 6.37. The van der Waals surface area contributed by atoms with Crippen molar-refractivity contribution in [2.45, 2.75) is 0 Å². The minimum Gasteiger partial charge on any atom is -0.436 e. The van der Waals surface area contributed by atoms with Crippen molar-refractivity contribution in [1.29, 1.82) is 0 Å². The summed E-state index contributed by atoms with van der Waals surface area (Å²) in [6.45, 7) is 0. The van der Waals surface area contributed by atoms with Crippen molar-refractivity contribution in [3.8, 4) is 11.6 Å². The van der Waals surface area contributed by atoms with Crippen molar-refractivity contribution < 1.29 is 4.74 Å². The molecule has 94 valence electrons. The van der Waals surface area contributed by atoms with E-state index in [-0.39, 0.29) is 5.88 Å². The van der Waals surface area contributed by atoms with E-state index in [1.165, 1.54) is 6.33 Å². The number of anilines is 1. The van der Waals surface area contributed by atoms with Crippen molar-refractivity contribution in [2.75, 3.05) is 5.43 Å². The third-order valence-corrected chi connectivity index (χ3v) is 3.53. The van der Waals surface area contributed by atoms with E-state index in [1.54, 1.807) is 18.2 Å². The fraction of sp³-hybridized carbons (Fsp3) is 0. The zero-order valence-electron chi connectivity index (χ0n) is 8.82. The zero-order valence-corrected chi connectivity index (χ0v) is 11.9. The third-order valence-electron chi connectivity index (χ3n) is 2.02. The zero-order chi connectivity index (χ0) is 13.1. The summed E-state index contributed by atoms with van der Waals surface area (Å²) in [5, 5.41) is 0.712. The summed E-state index contributed by atoms with van der Waals surface area (Å²) < 4.78 is 6.04. The Balaban J connectivity index is 2.37. The molecule has 0 radical (unpaired) electrons. The molecule has 0 amide bonds. The van der Waals surface area contributed by atoms with Crippen LogP contribution in [0, 0.1) is 0 Å². The Morgan fingerprint density at radius 3 is 2.78 bits per heavy atom. The van der Waals surface area contributed by atoms with Gasteiger partial charge in [0.2, 0.25) is 5.88 Å². The summed E-state index contributed by atoms with van der Waals surface area (Å²) in [5.41, 5.74) is 2.41. The molecule has 0 saturated carbocycles. The Labute approximate surface area is 121 Å². The lowest BCUT2D eigenvalue weighted by atomic mass is 10.3. The number of nitrogens with one attached hydrogen (secondary N) is 1. The first-order valence-corrected chi connectivity index (χ1v) is 6.27. The number of hydrogen-bond donors (Lipinski definition) is 2. The monoisotopic (exact) mass is 348 g/mol. The first kappa shape index (κ1) is 13.4. The average molecular weight is 350 g/mol. The van der Waals surface area contributed by atoms with Crippen LogP contribution in [0.1, 0.15) is 0 Å². The molecular weight excluding hydrogens is 343 g/mol. The van der Waals surface area contributed by atoms with Gasteiger partial charge in [-0.15, -0.1) is 0 Å². The number of nitrogens with zero attached hydrogens (tertiary/aromatic N) is 2. The van der Waals surface area contributed by atoms with E-state index < -0.39 is 0 Å². The molecule has 0 atom stereocenters. The molecule has 0 fully saturated rings. The SMILES string of the molecule is NNc1ncnc(Oc2cccc(Cl)c2Cl)c1Br. The number of aromatic nitrogens is 2. The van der Waals surface area contributed by atoms with Crippen molar-refractivity contribution in [3.63, 3.8) is 0 Å². The van der Waals surface area contributed by atoms with Crippen LogP contribution in [-0.4, -0.2) is 9.97 Å². The van der Waals surface area contributed by atoms with Gasteiger partial charge in [-0.1, -0.05) is 29.3 Å². The second-order valence-corrected chi connectivity index (χ2v) is 4.72. The van der Waals surface area contributed by atoms with E-state index in [9.17, 15) is 0 Å². The average Bonchev–Trinajstić information content (AvgIpc) is 2.37. The van der Waals surface area contributed by atoms with Gasteiger partial charge in [0.05, 0.1) is 5.02 Å². The molecule has 1 aromatic heterocycles. The van der Waals surface area contributed by atoms with Crippen LogP contribution in [0.4, 0.5) is 5.82 Å². The normalized spacial score (nSPS) is 10.2. The van der Waals surface area contributed by atoms with Gasteiger partial charge >= 0.3 is 0 Å². The number of nitrogen functional groups attached to an aromatic ring is 1. The van der Waals surface area contributed by atoms with Crippen molar-refractivity contribution in [1.82, 2.24) is 9.97 Å². The minimum atomic E-state index is 0.280. The maximum atomic E-state index is 6.01. The molecule has 2 rings (SSSR count). The lowest BCUT2D eigenvalue weighted by Gasteiger charge is -2.10. The number of hydrazine groups is 1. The van der Waals surface area contributed by atoms with Crippen LogP contribution in [0.2, 0.25) is 10.0 Å². The highest BCUT2D eigenvalue weighted by Gasteiger charge is 2.12.